The Morgan fingerprint density at radius 2 is 1.92 bits per heavy atom. The molecular weight excluding hydrogens is 318 g/mol. The van der Waals surface area contributed by atoms with Crippen molar-refractivity contribution in [2.75, 3.05) is 0 Å². The second-order valence-electron chi connectivity index (χ2n) is 5.58. The van der Waals surface area contributed by atoms with E-state index < -0.39 is 5.97 Å². The number of fused-ring (bicyclic) bond motifs is 3. The lowest BCUT2D eigenvalue weighted by atomic mass is 10.0. The van der Waals surface area contributed by atoms with Crippen molar-refractivity contribution in [3.8, 4) is 17.0 Å². The van der Waals surface area contributed by atoms with Crippen LogP contribution in [0.5, 0.6) is 5.75 Å². The number of hydrogen-bond donors (Lipinski definition) is 0. The molecule has 0 amide bonds. The van der Waals surface area contributed by atoms with E-state index in [0.717, 1.165) is 10.8 Å². The van der Waals surface area contributed by atoms with Crippen LogP contribution in [0.1, 0.15) is 6.92 Å². The predicted molar refractivity (Wildman–Crippen MR) is 94.5 cm³/mol. The summed E-state index contributed by atoms with van der Waals surface area (Å²) in [5, 5.41) is 2.23. The molecule has 0 saturated carbocycles. The van der Waals surface area contributed by atoms with Crippen LogP contribution in [0.4, 0.5) is 0 Å². The maximum Gasteiger partial charge on any atom is 0.308 e. The second-order valence-corrected chi connectivity index (χ2v) is 5.58. The van der Waals surface area contributed by atoms with Gasteiger partial charge in [-0.2, -0.15) is 0 Å². The number of benzene rings is 2. The number of aromatic nitrogens is 1. The summed E-state index contributed by atoms with van der Waals surface area (Å²) >= 11 is 0. The Bertz CT molecular complexity index is 1180. The van der Waals surface area contributed by atoms with Crippen molar-refractivity contribution in [3.63, 3.8) is 0 Å². The summed E-state index contributed by atoms with van der Waals surface area (Å²) in [5.41, 5.74) is 0.810. The number of pyridine rings is 1. The van der Waals surface area contributed by atoms with Gasteiger partial charge in [0.2, 0.25) is 5.43 Å². The fraction of sp³-hybridized carbons (Fsp3) is 0.0500. The van der Waals surface area contributed by atoms with E-state index in [2.05, 4.69) is 4.98 Å². The fourth-order valence-electron chi connectivity index (χ4n) is 2.89. The average molecular weight is 331 g/mol. The molecule has 0 atom stereocenters. The standard InChI is InChI=1S/C20H13NO4/c1-12(22)25-17-7-4-10-21-19(17)15-11-24-16-9-8-13-5-2-3-6-14(13)18(16)20(15)23/h2-11H,1H3. The van der Waals surface area contributed by atoms with Crippen LogP contribution >= 0.6 is 0 Å². The first kappa shape index (κ1) is 15.1. The van der Waals surface area contributed by atoms with Crippen LogP contribution in [-0.2, 0) is 4.79 Å². The molecule has 2 aromatic heterocycles. The molecular formula is C20H13NO4. The highest BCUT2D eigenvalue weighted by atomic mass is 16.5. The van der Waals surface area contributed by atoms with Gasteiger partial charge in [0, 0.05) is 13.1 Å². The summed E-state index contributed by atoms with van der Waals surface area (Å²) in [6, 6.07) is 14.5. The zero-order valence-corrected chi connectivity index (χ0v) is 13.4. The largest absolute Gasteiger partial charge is 0.463 e. The van der Waals surface area contributed by atoms with E-state index in [-0.39, 0.29) is 22.4 Å². The van der Waals surface area contributed by atoms with Crippen LogP contribution in [0.2, 0.25) is 0 Å². The highest BCUT2D eigenvalue weighted by Crippen LogP contribution is 2.29. The van der Waals surface area contributed by atoms with Crippen LogP contribution in [0.15, 0.2) is 70.2 Å². The Kier molecular flexibility index (Phi) is 3.54. The Morgan fingerprint density at radius 1 is 1.08 bits per heavy atom. The first-order valence-electron chi connectivity index (χ1n) is 7.72. The molecule has 4 rings (SSSR count). The van der Waals surface area contributed by atoms with Crippen molar-refractivity contribution in [3.05, 3.63) is 71.2 Å². The molecule has 0 aliphatic carbocycles. The molecule has 5 heteroatoms. The second kappa shape index (κ2) is 5.87. The molecule has 122 valence electrons. The molecule has 0 bridgehead atoms. The molecule has 2 heterocycles. The number of rotatable bonds is 2. The highest BCUT2D eigenvalue weighted by Gasteiger charge is 2.17. The van der Waals surface area contributed by atoms with E-state index in [0.29, 0.717) is 11.0 Å². The van der Waals surface area contributed by atoms with E-state index in [1.54, 1.807) is 18.2 Å². The van der Waals surface area contributed by atoms with Crippen LogP contribution in [0.25, 0.3) is 33.0 Å². The summed E-state index contributed by atoms with van der Waals surface area (Å²) in [6.07, 6.45) is 2.89. The van der Waals surface area contributed by atoms with Crippen LogP contribution in [0.3, 0.4) is 0 Å². The maximum atomic E-state index is 13.1. The number of nitrogens with zero attached hydrogens (tertiary/aromatic N) is 1. The van der Waals surface area contributed by atoms with E-state index in [1.807, 2.05) is 30.3 Å². The van der Waals surface area contributed by atoms with Gasteiger partial charge in [-0.3, -0.25) is 14.6 Å². The highest BCUT2D eigenvalue weighted by molar-refractivity contribution is 6.06. The van der Waals surface area contributed by atoms with Gasteiger partial charge in [0.1, 0.15) is 17.5 Å². The average Bonchev–Trinajstić information content (AvgIpc) is 2.62. The number of esters is 1. The lowest BCUT2D eigenvalue weighted by Gasteiger charge is -2.08. The maximum absolute atomic E-state index is 13.1. The Hall–Kier alpha value is -3.47. The van der Waals surface area contributed by atoms with E-state index in [9.17, 15) is 9.59 Å². The van der Waals surface area contributed by atoms with Crippen LogP contribution in [0, 0.1) is 0 Å². The molecule has 0 aliphatic rings. The molecule has 2 aromatic carbocycles. The van der Waals surface area contributed by atoms with Crippen molar-refractivity contribution >= 4 is 27.7 Å². The molecule has 5 nitrogen and oxygen atoms in total. The van der Waals surface area contributed by atoms with Gasteiger partial charge in [0.25, 0.3) is 0 Å². The summed E-state index contributed by atoms with van der Waals surface area (Å²) < 4.78 is 10.8. The van der Waals surface area contributed by atoms with Crippen molar-refractivity contribution in [1.29, 1.82) is 0 Å². The zero-order chi connectivity index (χ0) is 17.4. The molecule has 0 unspecified atom stereocenters. The Labute approximate surface area is 142 Å². The molecule has 0 saturated heterocycles. The van der Waals surface area contributed by atoms with E-state index in [1.165, 1.54) is 19.4 Å². The van der Waals surface area contributed by atoms with Crippen LogP contribution < -0.4 is 10.2 Å². The number of carbonyl (C=O) groups is 1. The minimum Gasteiger partial charge on any atom is -0.463 e. The molecule has 25 heavy (non-hydrogen) atoms. The smallest absolute Gasteiger partial charge is 0.308 e. The molecule has 0 fully saturated rings. The quantitative estimate of drug-likeness (QED) is 0.411. The third-order valence-corrected chi connectivity index (χ3v) is 3.95. The number of carbonyl (C=O) groups excluding carboxylic acids is 1. The van der Waals surface area contributed by atoms with Crippen LogP contribution in [-0.4, -0.2) is 11.0 Å². The van der Waals surface area contributed by atoms with Crippen molar-refractivity contribution < 1.29 is 13.9 Å². The van der Waals surface area contributed by atoms with Gasteiger partial charge in [-0.1, -0.05) is 30.3 Å². The first-order chi connectivity index (χ1) is 12.1. The fourth-order valence-corrected chi connectivity index (χ4v) is 2.89. The van der Waals surface area contributed by atoms with Gasteiger partial charge in [-0.15, -0.1) is 0 Å². The minimum absolute atomic E-state index is 0.217. The van der Waals surface area contributed by atoms with Gasteiger partial charge in [0.15, 0.2) is 5.75 Å². The topological polar surface area (TPSA) is 69.4 Å². The van der Waals surface area contributed by atoms with Gasteiger partial charge >= 0.3 is 5.97 Å². The number of ether oxygens (including phenoxy) is 1. The van der Waals surface area contributed by atoms with Gasteiger partial charge in [0.05, 0.1) is 10.9 Å². The number of hydrogen-bond acceptors (Lipinski definition) is 5. The molecule has 0 spiro atoms. The Balaban J connectivity index is 2.05. The SMILES string of the molecule is CC(=O)Oc1cccnc1-c1coc2ccc3ccccc3c2c1=O. The zero-order valence-electron chi connectivity index (χ0n) is 13.4. The Morgan fingerprint density at radius 3 is 2.76 bits per heavy atom. The van der Waals surface area contributed by atoms with Gasteiger partial charge in [-0.05, 0) is 29.0 Å². The van der Waals surface area contributed by atoms with Crippen molar-refractivity contribution in [2.45, 2.75) is 6.92 Å². The van der Waals surface area contributed by atoms with Crippen molar-refractivity contribution in [2.24, 2.45) is 0 Å². The van der Waals surface area contributed by atoms with Gasteiger partial charge < -0.3 is 9.15 Å². The summed E-state index contributed by atoms with van der Waals surface area (Å²) in [7, 11) is 0. The van der Waals surface area contributed by atoms with Gasteiger partial charge in [-0.25, -0.2) is 0 Å². The molecule has 0 radical (unpaired) electrons. The lowest BCUT2D eigenvalue weighted by molar-refractivity contribution is -0.131. The molecule has 4 aromatic rings. The normalized spacial score (nSPS) is 10.9. The van der Waals surface area contributed by atoms with Crippen molar-refractivity contribution in [1.82, 2.24) is 4.98 Å². The third-order valence-electron chi connectivity index (χ3n) is 3.95. The summed E-state index contributed by atoms with van der Waals surface area (Å²) in [5.74, 6) is -0.258. The predicted octanol–water partition coefficient (Wildman–Crippen LogP) is 3.93. The summed E-state index contributed by atoms with van der Waals surface area (Å²) in [6.45, 7) is 1.30. The van der Waals surface area contributed by atoms with E-state index >= 15 is 0 Å². The molecule has 0 aliphatic heterocycles. The molecule has 0 N–H and O–H groups in total. The summed E-state index contributed by atoms with van der Waals surface area (Å²) in [4.78, 5) is 28.7. The first-order valence-corrected chi connectivity index (χ1v) is 7.72. The minimum atomic E-state index is -0.482. The third kappa shape index (κ3) is 2.55. The lowest BCUT2D eigenvalue weighted by Crippen LogP contribution is -2.09. The van der Waals surface area contributed by atoms with E-state index in [4.69, 9.17) is 9.15 Å². The monoisotopic (exact) mass is 331 g/mol.